The third-order valence-corrected chi connectivity index (χ3v) is 5.23. The maximum absolute atomic E-state index is 12.7. The van der Waals surface area contributed by atoms with Gasteiger partial charge < -0.3 is 19.4 Å². The molecule has 142 valence electrons. The first-order valence-electron chi connectivity index (χ1n) is 9.29. The van der Waals surface area contributed by atoms with Gasteiger partial charge in [-0.2, -0.15) is 0 Å². The van der Waals surface area contributed by atoms with Crippen molar-refractivity contribution in [3.05, 3.63) is 29.3 Å². The lowest BCUT2D eigenvalue weighted by Gasteiger charge is -2.40. The topological polar surface area (TPSA) is 53.1 Å². The lowest BCUT2D eigenvalue weighted by molar-refractivity contribution is -0.144. The van der Waals surface area contributed by atoms with E-state index in [-0.39, 0.29) is 23.8 Å². The van der Waals surface area contributed by atoms with E-state index >= 15 is 0 Å². The number of benzene rings is 1. The van der Waals surface area contributed by atoms with Crippen LogP contribution in [0.4, 0.5) is 0 Å². The van der Waals surface area contributed by atoms with Crippen molar-refractivity contribution >= 4 is 11.8 Å². The lowest BCUT2D eigenvalue weighted by atomic mass is 10.0. The molecule has 2 heterocycles. The zero-order valence-corrected chi connectivity index (χ0v) is 16.2. The maximum Gasteiger partial charge on any atom is 0.228 e. The van der Waals surface area contributed by atoms with E-state index in [2.05, 4.69) is 0 Å². The van der Waals surface area contributed by atoms with Crippen LogP contribution in [0.15, 0.2) is 18.2 Å². The molecule has 6 nitrogen and oxygen atoms in total. The minimum absolute atomic E-state index is 0.0423. The monoisotopic (exact) mass is 359 g/mol. The van der Waals surface area contributed by atoms with Crippen molar-refractivity contribution in [2.45, 2.75) is 26.4 Å². The third kappa shape index (κ3) is 4.01. The van der Waals surface area contributed by atoms with E-state index in [1.807, 2.05) is 60.8 Å². The van der Waals surface area contributed by atoms with Crippen LogP contribution in [-0.4, -0.2) is 79.4 Å². The fourth-order valence-corrected chi connectivity index (χ4v) is 3.58. The molecule has 26 heavy (non-hydrogen) atoms. The molecule has 1 atom stereocenters. The number of hydrogen-bond acceptors (Lipinski definition) is 4. The van der Waals surface area contributed by atoms with Crippen LogP contribution in [0.2, 0.25) is 0 Å². The van der Waals surface area contributed by atoms with Crippen LogP contribution in [0.25, 0.3) is 0 Å². The Morgan fingerprint density at radius 3 is 2.46 bits per heavy atom. The minimum Gasteiger partial charge on any atom is -0.486 e. The van der Waals surface area contributed by atoms with E-state index in [1.165, 1.54) is 0 Å². The number of likely N-dealkylation sites (N-methyl/N-ethyl adjacent to an activating group) is 1. The van der Waals surface area contributed by atoms with Crippen molar-refractivity contribution in [3.63, 3.8) is 0 Å². The molecule has 2 aliphatic heterocycles. The Bertz CT molecular complexity index is 663. The summed E-state index contributed by atoms with van der Waals surface area (Å²) in [5.41, 5.74) is 2.24. The van der Waals surface area contributed by atoms with Crippen molar-refractivity contribution in [2.75, 3.05) is 46.8 Å². The zero-order chi connectivity index (χ0) is 18.8. The molecule has 1 aromatic carbocycles. The van der Waals surface area contributed by atoms with Crippen LogP contribution in [0.5, 0.6) is 5.75 Å². The molecule has 2 aliphatic rings. The van der Waals surface area contributed by atoms with Crippen molar-refractivity contribution < 1.29 is 14.3 Å². The van der Waals surface area contributed by atoms with Gasteiger partial charge in [0, 0.05) is 26.1 Å². The summed E-state index contributed by atoms with van der Waals surface area (Å²) in [6.07, 6.45) is 0.381. The first kappa shape index (κ1) is 18.7. The van der Waals surface area contributed by atoms with Crippen LogP contribution < -0.4 is 4.74 Å². The predicted octanol–water partition coefficient (Wildman–Crippen LogP) is 1.30. The standard InChI is InChI=1S/C20H29N3O3/c1-14-6-5-7-15(2)19(14)26-17-12-23(13-17)20(25)16-10-18(24)22(11-16)9-8-21(3)4/h5-7,16-17H,8-13H2,1-4H3. The van der Waals surface area contributed by atoms with Gasteiger partial charge in [0.05, 0.1) is 19.0 Å². The zero-order valence-electron chi connectivity index (χ0n) is 16.2. The highest BCUT2D eigenvalue weighted by Gasteiger charge is 2.41. The van der Waals surface area contributed by atoms with E-state index in [9.17, 15) is 9.59 Å². The molecule has 0 N–H and O–H groups in total. The lowest BCUT2D eigenvalue weighted by Crippen LogP contribution is -2.58. The number of likely N-dealkylation sites (tertiary alicyclic amines) is 2. The number of nitrogens with zero attached hydrogens (tertiary/aromatic N) is 3. The van der Waals surface area contributed by atoms with Crippen LogP contribution in [0, 0.1) is 19.8 Å². The maximum atomic E-state index is 12.7. The fraction of sp³-hybridized carbons (Fsp3) is 0.600. The average Bonchev–Trinajstić information content (AvgIpc) is 2.91. The van der Waals surface area contributed by atoms with Crippen LogP contribution in [0.1, 0.15) is 17.5 Å². The molecule has 0 aromatic heterocycles. The van der Waals surface area contributed by atoms with Gasteiger partial charge in [-0.3, -0.25) is 9.59 Å². The van der Waals surface area contributed by atoms with Crippen molar-refractivity contribution in [2.24, 2.45) is 5.92 Å². The van der Waals surface area contributed by atoms with Crippen LogP contribution in [-0.2, 0) is 9.59 Å². The molecule has 0 aliphatic carbocycles. The number of hydrogen-bond donors (Lipinski definition) is 0. The summed E-state index contributed by atoms with van der Waals surface area (Å²) in [5, 5.41) is 0. The molecule has 1 aromatic rings. The predicted molar refractivity (Wildman–Crippen MR) is 100 cm³/mol. The molecule has 0 radical (unpaired) electrons. The highest BCUT2D eigenvalue weighted by Crippen LogP contribution is 2.28. The van der Waals surface area contributed by atoms with Gasteiger partial charge in [-0.05, 0) is 39.1 Å². The smallest absolute Gasteiger partial charge is 0.228 e. The fourth-order valence-electron chi connectivity index (χ4n) is 3.58. The number of para-hydroxylation sites is 1. The van der Waals surface area contributed by atoms with Gasteiger partial charge in [-0.1, -0.05) is 18.2 Å². The number of ether oxygens (including phenoxy) is 1. The number of rotatable bonds is 6. The quantitative estimate of drug-likeness (QED) is 0.768. The Morgan fingerprint density at radius 1 is 1.19 bits per heavy atom. The molecule has 0 bridgehead atoms. The van der Waals surface area contributed by atoms with Crippen LogP contribution in [0.3, 0.4) is 0 Å². The second-order valence-corrected chi connectivity index (χ2v) is 7.75. The third-order valence-electron chi connectivity index (χ3n) is 5.23. The van der Waals surface area contributed by atoms with E-state index in [0.717, 1.165) is 23.4 Å². The van der Waals surface area contributed by atoms with Crippen LogP contribution >= 0.6 is 0 Å². The van der Waals surface area contributed by atoms with Crippen molar-refractivity contribution in [3.8, 4) is 5.75 Å². The Hall–Kier alpha value is -2.08. The summed E-state index contributed by atoms with van der Waals surface area (Å²) in [7, 11) is 3.97. The summed E-state index contributed by atoms with van der Waals surface area (Å²) in [5.74, 6) is 0.905. The molecule has 0 saturated carbocycles. The Labute approximate surface area is 155 Å². The number of carbonyl (C=O) groups is 2. The normalized spacial score (nSPS) is 20.7. The first-order valence-corrected chi connectivity index (χ1v) is 9.29. The molecular formula is C20H29N3O3. The van der Waals surface area contributed by atoms with Gasteiger partial charge >= 0.3 is 0 Å². The highest BCUT2D eigenvalue weighted by atomic mass is 16.5. The Balaban J connectivity index is 1.49. The second-order valence-electron chi connectivity index (χ2n) is 7.75. The largest absolute Gasteiger partial charge is 0.486 e. The van der Waals surface area contributed by atoms with Crippen molar-refractivity contribution in [1.29, 1.82) is 0 Å². The number of carbonyl (C=O) groups excluding carboxylic acids is 2. The molecule has 6 heteroatoms. The Kier molecular flexibility index (Phi) is 5.51. The average molecular weight is 359 g/mol. The molecule has 2 saturated heterocycles. The number of aryl methyl sites for hydroxylation is 2. The molecule has 1 unspecified atom stereocenters. The summed E-state index contributed by atoms with van der Waals surface area (Å²) in [6, 6.07) is 6.10. The number of amides is 2. The van der Waals surface area contributed by atoms with Gasteiger partial charge in [-0.15, -0.1) is 0 Å². The van der Waals surface area contributed by atoms with Gasteiger partial charge in [0.2, 0.25) is 11.8 Å². The Morgan fingerprint density at radius 2 is 1.85 bits per heavy atom. The van der Waals surface area contributed by atoms with Gasteiger partial charge in [-0.25, -0.2) is 0 Å². The summed E-state index contributed by atoms with van der Waals surface area (Å²) in [4.78, 5) is 30.5. The van der Waals surface area contributed by atoms with E-state index in [4.69, 9.17) is 4.74 Å². The first-order chi connectivity index (χ1) is 12.3. The van der Waals surface area contributed by atoms with Crippen molar-refractivity contribution in [1.82, 2.24) is 14.7 Å². The van der Waals surface area contributed by atoms with E-state index in [1.54, 1.807) is 0 Å². The van der Waals surface area contributed by atoms with Gasteiger partial charge in [0.15, 0.2) is 0 Å². The second kappa shape index (κ2) is 7.66. The molecule has 0 spiro atoms. The molecular weight excluding hydrogens is 330 g/mol. The van der Waals surface area contributed by atoms with E-state index < -0.39 is 0 Å². The minimum atomic E-state index is -0.203. The SMILES string of the molecule is Cc1cccc(C)c1OC1CN(C(=O)C2CC(=O)N(CCN(C)C)C2)C1. The van der Waals surface area contributed by atoms with Gasteiger partial charge in [0.25, 0.3) is 0 Å². The van der Waals surface area contributed by atoms with Gasteiger partial charge in [0.1, 0.15) is 11.9 Å². The summed E-state index contributed by atoms with van der Waals surface area (Å²) >= 11 is 0. The highest BCUT2D eigenvalue weighted by molar-refractivity contribution is 5.89. The molecule has 2 fully saturated rings. The summed E-state index contributed by atoms with van der Waals surface area (Å²) in [6.45, 7) is 7.34. The van der Waals surface area contributed by atoms with E-state index in [0.29, 0.717) is 32.6 Å². The molecule has 3 rings (SSSR count). The molecule has 2 amide bonds. The summed E-state index contributed by atoms with van der Waals surface area (Å²) < 4.78 is 6.09.